The maximum atomic E-state index is 5.69. The van der Waals surface area contributed by atoms with Crippen LogP contribution in [0.5, 0.6) is 0 Å². The van der Waals surface area contributed by atoms with Crippen molar-refractivity contribution in [2.24, 2.45) is 0 Å². The molecule has 17 heavy (non-hydrogen) atoms. The number of nitrogen functional groups attached to an aromatic ring is 1. The Hall–Kier alpha value is -1.40. The van der Waals surface area contributed by atoms with Crippen molar-refractivity contribution < 1.29 is 4.74 Å². The summed E-state index contributed by atoms with van der Waals surface area (Å²) >= 11 is 1.63. The molecular weight excluding hydrogens is 236 g/mol. The molecule has 0 aromatic carbocycles. The highest BCUT2D eigenvalue weighted by Gasteiger charge is 2.29. The molecule has 3 rings (SSSR count). The van der Waals surface area contributed by atoms with Gasteiger partial charge in [0.05, 0.1) is 16.3 Å². The topological polar surface area (TPSA) is 73.1 Å². The Kier molecular flexibility index (Phi) is 2.60. The van der Waals surface area contributed by atoms with Crippen LogP contribution >= 0.6 is 11.3 Å². The van der Waals surface area contributed by atoms with E-state index in [1.165, 1.54) is 0 Å². The van der Waals surface area contributed by atoms with Crippen LogP contribution < -0.4 is 11.1 Å². The van der Waals surface area contributed by atoms with E-state index in [4.69, 9.17) is 10.5 Å². The van der Waals surface area contributed by atoms with E-state index in [-0.39, 0.29) is 0 Å². The van der Waals surface area contributed by atoms with E-state index in [2.05, 4.69) is 15.3 Å². The van der Waals surface area contributed by atoms with Gasteiger partial charge in [-0.3, -0.25) is 0 Å². The van der Waals surface area contributed by atoms with E-state index in [9.17, 15) is 0 Å². The zero-order chi connectivity index (χ0) is 11.8. The van der Waals surface area contributed by atoms with Crippen molar-refractivity contribution in [2.45, 2.75) is 25.0 Å². The summed E-state index contributed by atoms with van der Waals surface area (Å²) in [5, 5.41) is 5.41. The Balaban J connectivity index is 1.83. The third kappa shape index (κ3) is 1.94. The number of rotatable bonds is 3. The predicted octanol–water partition coefficient (Wildman–Crippen LogP) is 1.86. The van der Waals surface area contributed by atoms with Crippen molar-refractivity contribution in [3.05, 3.63) is 11.4 Å². The lowest BCUT2D eigenvalue weighted by Gasteiger charge is -2.34. The number of hydrogen-bond donors (Lipinski definition) is 2. The molecule has 1 fully saturated rings. The summed E-state index contributed by atoms with van der Waals surface area (Å²) in [6.07, 6.45) is 2.42. The van der Waals surface area contributed by atoms with Gasteiger partial charge in [0.25, 0.3) is 0 Å². The minimum Gasteiger partial charge on any atom is -0.381 e. The highest BCUT2D eigenvalue weighted by Crippen LogP contribution is 2.31. The van der Waals surface area contributed by atoms with Crippen LogP contribution in [-0.2, 0) is 4.74 Å². The number of nitrogens with one attached hydrogen (secondary N) is 1. The van der Waals surface area contributed by atoms with Gasteiger partial charge in [-0.05, 0) is 24.3 Å². The van der Waals surface area contributed by atoms with Crippen molar-refractivity contribution in [1.82, 2.24) is 9.97 Å². The average Bonchev–Trinajstić information content (AvgIpc) is 2.70. The first-order chi connectivity index (χ1) is 8.26. The number of fused-ring (bicyclic) bond motifs is 1. The minimum absolute atomic E-state index is 0.320. The lowest BCUT2D eigenvalue weighted by atomic mass is 9.89. The maximum absolute atomic E-state index is 5.69. The van der Waals surface area contributed by atoms with E-state index < -0.39 is 0 Å². The molecule has 2 aromatic rings. The third-order valence-corrected chi connectivity index (χ3v) is 4.00. The minimum atomic E-state index is 0.320. The molecule has 0 spiro atoms. The van der Waals surface area contributed by atoms with Gasteiger partial charge in [-0.15, -0.1) is 11.3 Å². The van der Waals surface area contributed by atoms with Gasteiger partial charge in [-0.1, -0.05) is 0 Å². The van der Waals surface area contributed by atoms with Crippen molar-refractivity contribution in [2.75, 3.05) is 18.2 Å². The summed E-state index contributed by atoms with van der Waals surface area (Å²) in [6.45, 7) is 0. The largest absolute Gasteiger partial charge is 0.381 e. The van der Waals surface area contributed by atoms with Crippen LogP contribution in [0.2, 0.25) is 0 Å². The van der Waals surface area contributed by atoms with Crippen LogP contribution in [0, 0.1) is 0 Å². The number of nitrogens with zero attached hydrogens (tertiary/aromatic N) is 2. The molecule has 0 saturated heterocycles. The number of anilines is 2. The molecule has 0 atom stereocenters. The lowest BCUT2D eigenvalue weighted by Crippen LogP contribution is -2.40. The van der Waals surface area contributed by atoms with Crippen LogP contribution in [-0.4, -0.2) is 29.2 Å². The van der Waals surface area contributed by atoms with Gasteiger partial charge in [0.2, 0.25) is 5.95 Å². The molecule has 0 aliphatic heterocycles. The SMILES string of the molecule is COC1CC(Nc2nc(N)nc3ccsc23)C1. The Labute approximate surface area is 103 Å². The number of methoxy groups -OCH3 is 1. The molecule has 3 N–H and O–H groups in total. The molecule has 6 heteroatoms. The van der Waals surface area contributed by atoms with Crippen molar-refractivity contribution in [3.63, 3.8) is 0 Å². The van der Waals surface area contributed by atoms with Crippen LogP contribution in [0.25, 0.3) is 10.2 Å². The average molecular weight is 250 g/mol. The molecule has 0 bridgehead atoms. The summed E-state index contributed by atoms with van der Waals surface area (Å²) in [5.41, 5.74) is 6.60. The summed E-state index contributed by atoms with van der Waals surface area (Å²) in [5.74, 6) is 1.17. The van der Waals surface area contributed by atoms with E-state index in [0.29, 0.717) is 18.1 Å². The summed E-state index contributed by atoms with van der Waals surface area (Å²) in [4.78, 5) is 8.46. The fraction of sp³-hybridized carbons (Fsp3) is 0.455. The molecule has 1 aliphatic rings. The van der Waals surface area contributed by atoms with Gasteiger partial charge in [0.15, 0.2) is 0 Å². The predicted molar refractivity (Wildman–Crippen MR) is 69.3 cm³/mol. The second-order valence-corrected chi connectivity index (χ2v) is 5.15. The molecule has 1 aliphatic carbocycles. The number of nitrogens with two attached hydrogens (primary N) is 1. The Morgan fingerprint density at radius 2 is 2.29 bits per heavy atom. The normalized spacial score (nSPS) is 23.6. The molecule has 2 heterocycles. The van der Waals surface area contributed by atoms with E-state index >= 15 is 0 Å². The second-order valence-electron chi connectivity index (χ2n) is 4.24. The van der Waals surface area contributed by atoms with Gasteiger partial charge >= 0.3 is 0 Å². The first-order valence-corrected chi connectivity index (χ1v) is 6.44. The molecular formula is C11H14N4OS. The Morgan fingerprint density at radius 1 is 1.47 bits per heavy atom. The summed E-state index contributed by atoms with van der Waals surface area (Å²) in [7, 11) is 1.75. The van der Waals surface area contributed by atoms with Crippen molar-refractivity contribution in [1.29, 1.82) is 0 Å². The van der Waals surface area contributed by atoms with Gasteiger partial charge in [-0.25, -0.2) is 4.98 Å². The van der Waals surface area contributed by atoms with Gasteiger partial charge in [0, 0.05) is 13.2 Å². The quantitative estimate of drug-likeness (QED) is 0.870. The van der Waals surface area contributed by atoms with Crippen LogP contribution in [0.1, 0.15) is 12.8 Å². The fourth-order valence-corrected chi connectivity index (χ4v) is 2.83. The zero-order valence-electron chi connectivity index (χ0n) is 9.51. The highest BCUT2D eigenvalue weighted by atomic mass is 32.1. The number of hydrogen-bond acceptors (Lipinski definition) is 6. The molecule has 90 valence electrons. The Bertz CT molecular complexity index is 535. The van der Waals surface area contributed by atoms with Crippen molar-refractivity contribution >= 4 is 33.3 Å². The molecule has 0 unspecified atom stereocenters. The Morgan fingerprint density at radius 3 is 3.06 bits per heavy atom. The summed E-state index contributed by atoms with van der Waals surface area (Å²) < 4.78 is 6.32. The van der Waals surface area contributed by atoms with E-state index in [1.54, 1.807) is 18.4 Å². The van der Waals surface area contributed by atoms with Crippen LogP contribution in [0.4, 0.5) is 11.8 Å². The van der Waals surface area contributed by atoms with Crippen LogP contribution in [0.3, 0.4) is 0 Å². The molecule has 0 amide bonds. The number of aromatic nitrogens is 2. The van der Waals surface area contributed by atoms with Gasteiger partial charge in [-0.2, -0.15) is 4.98 Å². The smallest absolute Gasteiger partial charge is 0.222 e. The van der Waals surface area contributed by atoms with Crippen molar-refractivity contribution in [3.8, 4) is 0 Å². The summed E-state index contributed by atoms with van der Waals surface area (Å²) in [6, 6.07) is 2.39. The van der Waals surface area contributed by atoms with Gasteiger partial charge < -0.3 is 15.8 Å². The van der Waals surface area contributed by atoms with Crippen LogP contribution in [0.15, 0.2) is 11.4 Å². The number of ether oxygens (including phenoxy) is 1. The standard InChI is InChI=1S/C11H14N4OS/c1-16-7-4-6(5-7)13-10-9-8(2-3-17-9)14-11(12)15-10/h2-3,6-7H,4-5H2,1H3,(H3,12,13,14,15). The van der Waals surface area contributed by atoms with E-state index in [0.717, 1.165) is 28.9 Å². The monoisotopic (exact) mass is 250 g/mol. The molecule has 5 nitrogen and oxygen atoms in total. The third-order valence-electron chi connectivity index (χ3n) is 3.09. The second kappa shape index (κ2) is 4.12. The first-order valence-electron chi connectivity index (χ1n) is 5.56. The molecule has 1 saturated carbocycles. The first kappa shape index (κ1) is 10.7. The number of thiophene rings is 1. The lowest BCUT2D eigenvalue weighted by molar-refractivity contribution is 0.0328. The zero-order valence-corrected chi connectivity index (χ0v) is 10.3. The maximum Gasteiger partial charge on any atom is 0.222 e. The highest BCUT2D eigenvalue weighted by molar-refractivity contribution is 7.17. The molecule has 2 aromatic heterocycles. The fourth-order valence-electron chi connectivity index (χ4n) is 2.05. The molecule has 0 radical (unpaired) electrons. The van der Waals surface area contributed by atoms with E-state index in [1.807, 2.05) is 11.4 Å². The van der Waals surface area contributed by atoms with Gasteiger partial charge in [0.1, 0.15) is 5.82 Å².